The molecule has 0 aromatic heterocycles. The summed E-state index contributed by atoms with van der Waals surface area (Å²) < 4.78 is 0. The second-order valence-corrected chi connectivity index (χ2v) is 10.7. The highest BCUT2D eigenvalue weighted by molar-refractivity contribution is 6.25. The summed E-state index contributed by atoms with van der Waals surface area (Å²) in [6.45, 7) is 13.2. The van der Waals surface area contributed by atoms with Gasteiger partial charge in [0.1, 0.15) is 6.04 Å². The molecule has 0 saturated carbocycles. The lowest BCUT2D eigenvalue weighted by Gasteiger charge is -2.37. The lowest BCUT2D eigenvalue weighted by atomic mass is 10.0. The quantitative estimate of drug-likeness (QED) is 0.565. The Bertz CT molecular complexity index is 1200. The fraction of sp³-hybridized carbons (Fsp3) is 0.483. The van der Waals surface area contributed by atoms with Gasteiger partial charge in [0.2, 0.25) is 5.91 Å². The van der Waals surface area contributed by atoms with Gasteiger partial charge in [-0.05, 0) is 62.4 Å². The van der Waals surface area contributed by atoms with Crippen LogP contribution in [-0.2, 0) is 17.9 Å². The zero-order valence-corrected chi connectivity index (χ0v) is 22.0. The molecule has 0 spiro atoms. The lowest BCUT2D eigenvalue weighted by molar-refractivity contribution is -0.126. The highest BCUT2D eigenvalue weighted by atomic mass is 16.2. The molecule has 3 aliphatic rings. The summed E-state index contributed by atoms with van der Waals surface area (Å²) in [4.78, 5) is 44.9. The van der Waals surface area contributed by atoms with Crippen LogP contribution in [0.4, 0.5) is 5.69 Å². The van der Waals surface area contributed by atoms with Crippen molar-refractivity contribution in [2.45, 2.75) is 58.8 Å². The molecule has 1 atom stereocenters. The molecule has 1 unspecified atom stereocenters. The third-order valence-corrected chi connectivity index (χ3v) is 7.94. The van der Waals surface area contributed by atoms with E-state index in [2.05, 4.69) is 59.4 Å². The molecule has 3 heterocycles. The number of carbonyl (C=O) groups excluding carboxylic acids is 3. The van der Waals surface area contributed by atoms with Crippen molar-refractivity contribution < 1.29 is 14.4 Å². The summed E-state index contributed by atoms with van der Waals surface area (Å²) in [6.07, 6.45) is 1.25. The number of hydrogen-bond acceptors (Lipinski definition) is 6. The maximum atomic E-state index is 13.3. The van der Waals surface area contributed by atoms with Crippen LogP contribution >= 0.6 is 0 Å². The monoisotopic (exact) mass is 503 g/mol. The number of anilines is 1. The number of nitrogens with zero attached hydrogens (tertiary/aromatic N) is 3. The maximum Gasteiger partial charge on any atom is 0.264 e. The first kappa shape index (κ1) is 25.4. The molecule has 2 aromatic carbocycles. The highest BCUT2D eigenvalue weighted by Gasteiger charge is 2.44. The molecule has 5 rings (SSSR count). The van der Waals surface area contributed by atoms with Crippen molar-refractivity contribution in [3.8, 4) is 0 Å². The molecular formula is C29H37N5O3. The summed E-state index contributed by atoms with van der Waals surface area (Å²) >= 11 is 0. The SMILES string of the molecule is Cc1cc(CNc2cccc3c2C(=O)N(C2CCCNC2=O)C3=O)ccc1CN1CCN(C(C)C)CC1. The van der Waals surface area contributed by atoms with Crippen molar-refractivity contribution in [3.05, 3.63) is 64.2 Å². The molecule has 2 aromatic rings. The van der Waals surface area contributed by atoms with Gasteiger partial charge < -0.3 is 10.6 Å². The molecule has 3 amide bonds. The Balaban J connectivity index is 1.24. The van der Waals surface area contributed by atoms with Crippen molar-refractivity contribution in [1.29, 1.82) is 0 Å². The Hall–Kier alpha value is -3.23. The summed E-state index contributed by atoms with van der Waals surface area (Å²) in [7, 11) is 0. The number of imide groups is 1. The first-order chi connectivity index (χ1) is 17.8. The number of carbonyl (C=O) groups is 3. The van der Waals surface area contributed by atoms with Crippen LogP contribution in [0, 0.1) is 6.92 Å². The molecule has 8 heteroatoms. The van der Waals surface area contributed by atoms with E-state index < -0.39 is 11.9 Å². The van der Waals surface area contributed by atoms with Crippen molar-refractivity contribution in [2.24, 2.45) is 0 Å². The lowest BCUT2D eigenvalue weighted by Crippen LogP contribution is -2.52. The average molecular weight is 504 g/mol. The Morgan fingerprint density at radius 2 is 1.81 bits per heavy atom. The topological polar surface area (TPSA) is 85.0 Å². The van der Waals surface area contributed by atoms with Gasteiger partial charge in [-0.25, -0.2) is 0 Å². The van der Waals surface area contributed by atoms with E-state index in [1.807, 2.05) is 6.07 Å². The summed E-state index contributed by atoms with van der Waals surface area (Å²) in [5, 5.41) is 6.15. The van der Waals surface area contributed by atoms with Crippen molar-refractivity contribution >= 4 is 23.4 Å². The maximum absolute atomic E-state index is 13.3. The number of amides is 3. The van der Waals surface area contributed by atoms with Gasteiger partial charge in [0.25, 0.3) is 11.8 Å². The summed E-state index contributed by atoms with van der Waals surface area (Å²) in [5.41, 5.74) is 5.05. The molecular weight excluding hydrogens is 466 g/mol. The van der Waals surface area contributed by atoms with Crippen LogP contribution in [0.5, 0.6) is 0 Å². The highest BCUT2D eigenvalue weighted by Crippen LogP contribution is 2.32. The largest absolute Gasteiger partial charge is 0.380 e. The van der Waals surface area contributed by atoms with Gasteiger partial charge in [0, 0.05) is 57.5 Å². The van der Waals surface area contributed by atoms with Crippen molar-refractivity contribution in [2.75, 3.05) is 38.0 Å². The van der Waals surface area contributed by atoms with Gasteiger partial charge in [-0.3, -0.25) is 29.1 Å². The molecule has 0 aliphatic carbocycles. The molecule has 196 valence electrons. The van der Waals surface area contributed by atoms with Crippen LogP contribution in [0.1, 0.15) is 64.1 Å². The first-order valence-corrected chi connectivity index (χ1v) is 13.4. The van der Waals surface area contributed by atoms with E-state index in [9.17, 15) is 14.4 Å². The van der Waals surface area contributed by atoms with E-state index in [1.165, 1.54) is 11.1 Å². The fourth-order valence-electron chi connectivity index (χ4n) is 5.66. The predicted molar refractivity (Wildman–Crippen MR) is 143 cm³/mol. The molecule has 8 nitrogen and oxygen atoms in total. The van der Waals surface area contributed by atoms with E-state index in [4.69, 9.17) is 0 Å². The van der Waals surface area contributed by atoms with Crippen molar-refractivity contribution in [1.82, 2.24) is 20.0 Å². The van der Waals surface area contributed by atoms with Gasteiger partial charge in [-0.2, -0.15) is 0 Å². The minimum Gasteiger partial charge on any atom is -0.380 e. The minimum absolute atomic E-state index is 0.257. The number of piperidine rings is 1. The Morgan fingerprint density at radius 3 is 2.51 bits per heavy atom. The van der Waals surface area contributed by atoms with E-state index in [0.717, 1.165) is 49.6 Å². The van der Waals surface area contributed by atoms with Crippen LogP contribution in [-0.4, -0.2) is 77.2 Å². The van der Waals surface area contributed by atoms with E-state index >= 15 is 0 Å². The fourth-order valence-corrected chi connectivity index (χ4v) is 5.66. The average Bonchev–Trinajstić information content (AvgIpc) is 3.15. The molecule has 2 fully saturated rings. The van der Waals surface area contributed by atoms with Crippen molar-refractivity contribution in [3.63, 3.8) is 0 Å². The second-order valence-electron chi connectivity index (χ2n) is 10.7. The van der Waals surface area contributed by atoms with Gasteiger partial charge >= 0.3 is 0 Å². The number of aryl methyl sites for hydroxylation is 1. The molecule has 2 N–H and O–H groups in total. The zero-order chi connectivity index (χ0) is 26.1. The third-order valence-electron chi connectivity index (χ3n) is 7.94. The number of piperazine rings is 1. The van der Waals surface area contributed by atoms with Crippen LogP contribution in [0.3, 0.4) is 0 Å². The third kappa shape index (κ3) is 5.13. The van der Waals surface area contributed by atoms with Gasteiger partial charge in [-0.15, -0.1) is 0 Å². The summed E-state index contributed by atoms with van der Waals surface area (Å²) in [5.74, 6) is -1.04. The molecule has 2 saturated heterocycles. The summed E-state index contributed by atoms with van der Waals surface area (Å²) in [6, 6.07) is 11.7. The molecule has 0 bridgehead atoms. The Morgan fingerprint density at radius 1 is 1.03 bits per heavy atom. The van der Waals surface area contributed by atoms with E-state index in [-0.39, 0.29) is 11.8 Å². The van der Waals surface area contributed by atoms with E-state index in [1.54, 1.807) is 12.1 Å². The van der Waals surface area contributed by atoms with Gasteiger partial charge in [0.05, 0.1) is 11.1 Å². The number of nitrogens with one attached hydrogen (secondary N) is 2. The number of benzene rings is 2. The number of hydrogen-bond donors (Lipinski definition) is 2. The number of rotatable bonds is 7. The van der Waals surface area contributed by atoms with Crippen LogP contribution in [0.25, 0.3) is 0 Å². The molecule has 0 radical (unpaired) electrons. The Kier molecular flexibility index (Phi) is 7.31. The standard InChI is InChI=1S/C29H37N5O3/c1-19(2)33-14-12-32(13-15-33)18-22-10-9-21(16-20(22)3)17-31-24-7-4-6-23-26(24)29(37)34(28(23)36)25-8-5-11-30-27(25)35/h4,6-7,9-10,16,19,25,31H,5,8,11-15,17-18H2,1-3H3,(H,30,35). The van der Waals surface area contributed by atoms with E-state index in [0.29, 0.717) is 42.4 Å². The minimum atomic E-state index is -0.738. The predicted octanol–water partition coefficient (Wildman–Crippen LogP) is 3.01. The number of fused-ring (bicyclic) bond motifs is 1. The zero-order valence-electron chi connectivity index (χ0n) is 22.0. The van der Waals surface area contributed by atoms with Gasteiger partial charge in [-0.1, -0.05) is 24.3 Å². The Labute approximate surface area is 219 Å². The second kappa shape index (κ2) is 10.6. The van der Waals surface area contributed by atoms with Crippen LogP contribution < -0.4 is 10.6 Å². The molecule has 3 aliphatic heterocycles. The van der Waals surface area contributed by atoms with Gasteiger partial charge in [0.15, 0.2) is 0 Å². The van der Waals surface area contributed by atoms with Crippen LogP contribution in [0.2, 0.25) is 0 Å². The smallest absolute Gasteiger partial charge is 0.264 e. The molecule has 37 heavy (non-hydrogen) atoms. The van der Waals surface area contributed by atoms with Crippen LogP contribution in [0.15, 0.2) is 36.4 Å². The normalized spacial score (nSPS) is 20.9. The first-order valence-electron chi connectivity index (χ1n) is 13.4.